The summed E-state index contributed by atoms with van der Waals surface area (Å²) in [6.45, 7) is 0. The predicted octanol–water partition coefficient (Wildman–Crippen LogP) is 3.43. The number of thiophene rings is 1. The lowest BCUT2D eigenvalue weighted by atomic mass is 10.1. The average Bonchev–Trinajstić information content (AvgIpc) is 2.82. The number of nitrogens with zero attached hydrogens (tertiary/aromatic N) is 1. The van der Waals surface area contributed by atoms with Gasteiger partial charge in [-0.15, -0.1) is 22.9 Å². The number of sulfonamides is 1. The topological polar surface area (TPSA) is 37.4 Å². The van der Waals surface area contributed by atoms with E-state index in [0.717, 1.165) is 25.7 Å². The van der Waals surface area contributed by atoms with Crippen molar-refractivity contribution < 1.29 is 8.42 Å². The second-order valence-electron chi connectivity index (χ2n) is 4.84. The molecule has 7 heteroatoms. The van der Waals surface area contributed by atoms with Crippen LogP contribution in [0.2, 0.25) is 0 Å². The average molecular weight is 371 g/mol. The number of halogens is 2. The van der Waals surface area contributed by atoms with E-state index in [0.29, 0.717) is 8.68 Å². The van der Waals surface area contributed by atoms with Crippen LogP contribution < -0.4 is 0 Å². The summed E-state index contributed by atoms with van der Waals surface area (Å²) >= 11 is 10.8. The molecule has 0 radical (unpaired) electrons. The standard InChI is InChI=1S/C11H13BrClNO2S2/c12-10-3-4-17-11(10)18(15,16)14-8-1-2-9(14)6-7(13)5-8/h3-4,7-9H,1-2,5-6H2. The molecule has 2 atom stereocenters. The Hall–Kier alpha value is 0.380. The van der Waals surface area contributed by atoms with Crippen LogP contribution in [-0.4, -0.2) is 30.2 Å². The zero-order valence-corrected chi connectivity index (χ0v) is 13.5. The normalized spacial score (nSPS) is 32.9. The van der Waals surface area contributed by atoms with Crippen molar-refractivity contribution in [2.24, 2.45) is 0 Å². The highest BCUT2D eigenvalue weighted by molar-refractivity contribution is 9.10. The Kier molecular flexibility index (Phi) is 3.52. The number of piperidine rings is 1. The Morgan fingerprint density at radius 2 is 1.94 bits per heavy atom. The van der Waals surface area contributed by atoms with Crippen LogP contribution in [0.5, 0.6) is 0 Å². The molecule has 0 spiro atoms. The monoisotopic (exact) mass is 369 g/mol. The van der Waals surface area contributed by atoms with E-state index in [-0.39, 0.29) is 17.5 Å². The first-order chi connectivity index (χ1) is 8.50. The highest BCUT2D eigenvalue weighted by atomic mass is 79.9. The first kappa shape index (κ1) is 13.4. The van der Waals surface area contributed by atoms with Gasteiger partial charge in [0.2, 0.25) is 0 Å². The molecule has 2 bridgehead atoms. The molecule has 0 aliphatic carbocycles. The van der Waals surface area contributed by atoms with Crippen LogP contribution in [0.4, 0.5) is 0 Å². The second kappa shape index (κ2) is 4.74. The summed E-state index contributed by atoms with van der Waals surface area (Å²) in [5.41, 5.74) is 0. The lowest BCUT2D eigenvalue weighted by Crippen LogP contribution is -2.46. The molecule has 2 unspecified atom stereocenters. The molecule has 18 heavy (non-hydrogen) atoms. The molecule has 1 aromatic heterocycles. The van der Waals surface area contributed by atoms with Gasteiger partial charge in [0.15, 0.2) is 0 Å². The number of fused-ring (bicyclic) bond motifs is 2. The Labute approximate surface area is 124 Å². The molecule has 0 N–H and O–H groups in total. The van der Waals surface area contributed by atoms with E-state index in [1.165, 1.54) is 11.3 Å². The largest absolute Gasteiger partial charge is 0.254 e. The summed E-state index contributed by atoms with van der Waals surface area (Å²) in [6, 6.07) is 1.96. The fourth-order valence-electron chi connectivity index (χ4n) is 3.02. The maximum absolute atomic E-state index is 12.7. The van der Waals surface area contributed by atoms with Crippen LogP contribution in [0.1, 0.15) is 25.7 Å². The van der Waals surface area contributed by atoms with Crippen molar-refractivity contribution in [1.29, 1.82) is 0 Å². The molecule has 3 rings (SSSR count). The Morgan fingerprint density at radius 3 is 2.44 bits per heavy atom. The summed E-state index contributed by atoms with van der Waals surface area (Å²) in [5, 5.41) is 1.92. The van der Waals surface area contributed by atoms with Gasteiger partial charge in [-0.05, 0) is 53.1 Å². The summed E-state index contributed by atoms with van der Waals surface area (Å²) in [4.78, 5) is 0. The van der Waals surface area contributed by atoms with E-state index in [9.17, 15) is 8.42 Å². The maximum Gasteiger partial charge on any atom is 0.254 e. The summed E-state index contributed by atoms with van der Waals surface area (Å²) < 4.78 is 28.2. The summed E-state index contributed by atoms with van der Waals surface area (Å²) in [5.74, 6) is 0. The number of hydrogen-bond acceptors (Lipinski definition) is 3. The van der Waals surface area contributed by atoms with E-state index >= 15 is 0 Å². The van der Waals surface area contributed by atoms with Crippen molar-refractivity contribution in [3.05, 3.63) is 15.9 Å². The first-order valence-corrected chi connectivity index (χ1v) is 9.45. The lowest BCUT2D eigenvalue weighted by molar-refractivity contribution is 0.251. The minimum absolute atomic E-state index is 0.0882. The van der Waals surface area contributed by atoms with Crippen molar-refractivity contribution in [3.8, 4) is 0 Å². The molecule has 0 amide bonds. The Balaban J connectivity index is 1.99. The molecule has 2 fully saturated rings. The Morgan fingerprint density at radius 1 is 1.33 bits per heavy atom. The minimum Gasteiger partial charge on any atom is -0.206 e. The summed E-state index contributed by atoms with van der Waals surface area (Å²) in [6.07, 6.45) is 3.44. The van der Waals surface area contributed by atoms with Gasteiger partial charge >= 0.3 is 0 Å². The zero-order valence-electron chi connectivity index (χ0n) is 9.55. The van der Waals surface area contributed by atoms with Crippen molar-refractivity contribution in [1.82, 2.24) is 4.31 Å². The second-order valence-corrected chi connectivity index (χ2v) is 9.27. The quantitative estimate of drug-likeness (QED) is 0.748. The van der Waals surface area contributed by atoms with Crippen molar-refractivity contribution in [2.75, 3.05) is 0 Å². The molecule has 3 heterocycles. The molecule has 2 aliphatic rings. The fourth-order valence-corrected chi connectivity index (χ4v) is 7.73. The Bertz CT molecular complexity index is 545. The maximum atomic E-state index is 12.7. The van der Waals surface area contributed by atoms with Crippen LogP contribution in [0.25, 0.3) is 0 Å². The molecule has 1 aromatic rings. The van der Waals surface area contributed by atoms with Gasteiger partial charge in [0.05, 0.1) is 0 Å². The van der Waals surface area contributed by atoms with Crippen LogP contribution >= 0.6 is 38.9 Å². The van der Waals surface area contributed by atoms with E-state index in [1.807, 2.05) is 0 Å². The number of rotatable bonds is 2. The third-order valence-corrected chi connectivity index (χ3v) is 8.71. The highest BCUT2D eigenvalue weighted by Gasteiger charge is 2.47. The first-order valence-electron chi connectivity index (χ1n) is 5.90. The van der Waals surface area contributed by atoms with Gasteiger partial charge < -0.3 is 0 Å². The molecular weight excluding hydrogens is 358 g/mol. The van der Waals surface area contributed by atoms with Crippen molar-refractivity contribution >= 4 is 48.9 Å². The summed E-state index contributed by atoms with van der Waals surface area (Å²) in [7, 11) is -3.36. The van der Waals surface area contributed by atoms with Crippen LogP contribution in [0, 0.1) is 0 Å². The van der Waals surface area contributed by atoms with Crippen molar-refractivity contribution in [2.45, 2.75) is 47.4 Å². The van der Waals surface area contributed by atoms with E-state index in [1.54, 1.807) is 15.8 Å². The third kappa shape index (κ3) is 2.06. The fraction of sp³-hybridized carbons (Fsp3) is 0.636. The smallest absolute Gasteiger partial charge is 0.206 e. The molecule has 2 saturated heterocycles. The molecule has 100 valence electrons. The van der Waals surface area contributed by atoms with Crippen molar-refractivity contribution in [3.63, 3.8) is 0 Å². The zero-order chi connectivity index (χ0) is 12.9. The van der Waals surface area contributed by atoms with Gasteiger partial charge in [-0.25, -0.2) is 8.42 Å². The van der Waals surface area contributed by atoms with E-state index in [2.05, 4.69) is 15.9 Å². The van der Waals surface area contributed by atoms with Crippen LogP contribution in [-0.2, 0) is 10.0 Å². The minimum atomic E-state index is -3.36. The molecule has 0 aromatic carbocycles. The highest BCUT2D eigenvalue weighted by Crippen LogP contribution is 2.43. The SMILES string of the molecule is O=S(=O)(c1sccc1Br)N1C2CCC1CC(Cl)C2. The molecular formula is C11H13BrClNO2S2. The van der Waals surface area contributed by atoms with Gasteiger partial charge in [0.1, 0.15) is 4.21 Å². The van der Waals surface area contributed by atoms with Gasteiger partial charge in [-0.1, -0.05) is 0 Å². The van der Waals surface area contributed by atoms with Crippen LogP contribution in [0.3, 0.4) is 0 Å². The van der Waals surface area contributed by atoms with Gasteiger partial charge in [-0.2, -0.15) is 4.31 Å². The third-order valence-electron chi connectivity index (χ3n) is 3.70. The number of hydrogen-bond donors (Lipinski definition) is 0. The van der Waals surface area contributed by atoms with Gasteiger partial charge in [-0.3, -0.25) is 0 Å². The van der Waals surface area contributed by atoms with Gasteiger partial charge in [0.25, 0.3) is 10.0 Å². The van der Waals surface area contributed by atoms with Crippen LogP contribution in [0.15, 0.2) is 20.1 Å². The van der Waals surface area contributed by atoms with Gasteiger partial charge in [0, 0.05) is 21.9 Å². The lowest BCUT2D eigenvalue weighted by Gasteiger charge is -2.35. The predicted molar refractivity (Wildman–Crippen MR) is 76.7 cm³/mol. The van der Waals surface area contributed by atoms with E-state index < -0.39 is 10.0 Å². The molecule has 3 nitrogen and oxygen atoms in total. The molecule has 0 saturated carbocycles. The number of alkyl halides is 1. The molecule has 2 aliphatic heterocycles. The van der Waals surface area contributed by atoms with E-state index in [4.69, 9.17) is 11.6 Å².